The minimum atomic E-state index is -0.744. The summed E-state index contributed by atoms with van der Waals surface area (Å²) in [6, 6.07) is 14.5. The van der Waals surface area contributed by atoms with E-state index in [1.165, 1.54) is 12.1 Å². The Balaban J connectivity index is 1.61. The molecule has 36 heavy (non-hydrogen) atoms. The van der Waals surface area contributed by atoms with Gasteiger partial charge in [0.2, 0.25) is 5.91 Å². The maximum absolute atomic E-state index is 13.7. The summed E-state index contributed by atoms with van der Waals surface area (Å²) in [5, 5.41) is 18.0. The lowest BCUT2D eigenvalue weighted by Crippen LogP contribution is -2.62. The molecule has 4 aromatic rings. The van der Waals surface area contributed by atoms with Crippen LogP contribution in [0.5, 0.6) is 0 Å². The first-order chi connectivity index (χ1) is 17.3. The van der Waals surface area contributed by atoms with Gasteiger partial charge in [-0.05, 0) is 69.5 Å². The molecule has 0 saturated carbocycles. The monoisotopic (exact) mass is 487 g/mol. The smallest absolute Gasteiger partial charge is 0.237 e. The number of aromatic nitrogens is 4. The Bertz CT molecular complexity index is 1410. The van der Waals surface area contributed by atoms with Crippen molar-refractivity contribution < 1.29 is 9.18 Å². The van der Waals surface area contributed by atoms with Gasteiger partial charge in [-0.3, -0.25) is 4.79 Å². The summed E-state index contributed by atoms with van der Waals surface area (Å²) >= 11 is 0. The van der Waals surface area contributed by atoms with Gasteiger partial charge in [-0.1, -0.05) is 18.2 Å². The van der Waals surface area contributed by atoms with Crippen LogP contribution >= 0.6 is 0 Å². The molecule has 1 aliphatic heterocycles. The van der Waals surface area contributed by atoms with E-state index in [1.807, 2.05) is 49.7 Å². The molecule has 0 atom stereocenters. The van der Waals surface area contributed by atoms with Crippen LogP contribution in [0.25, 0.3) is 27.8 Å². The van der Waals surface area contributed by atoms with Crippen molar-refractivity contribution in [2.45, 2.75) is 45.2 Å². The fraction of sp³-hybridized carbons (Fsp3) is 0.333. The number of para-hydroxylation sites is 1. The zero-order valence-electron chi connectivity index (χ0n) is 20.7. The van der Waals surface area contributed by atoms with Gasteiger partial charge in [0.05, 0.1) is 23.0 Å². The summed E-state index contributed by atoms with van der Waals surface area (Å²) in [7, 11) is 0. The van der Waals surface area contributed by atoms with E-state index >= 15 is 0 Å². The number of nitrogens with one attached hydrogen (secondary N) is 1. The molecule has 0 radical (unpaired) electrons. The fourth-order valence-corrected chi connectivity index (χ4v) is 5.09. The Labute approximate surface area is 209 Å². The normalized spacial score (nSPS) is 15.5. The Morgan fingerprint density at radius 2 is 1.81 bits per heavy atom. The van der Waals surface area contributed by atoms with Crippen LogP contribution in [0.4, 0.5) is 10.2 Å². The zero-order valence-corrected chi connectivity index (χ0v) is 20.7. The topological polar surface area (TPSA) is 102 Å². The first kappa shape index (κ1) is 23.9. The number of aryl methyl sites for hydroxylation is 1. The van der Waals surface area contributed by atoms with E-state index in [4.69, 9.17) is 10.8 Å². The van der Waals surface area contributed by atoms with Crippen LogP contribution in [0.2, 0.25) is 0 Å². The van der Waals surface area contributed by atoms with Gasteiger partial charge in [0.15, 0.2) is 5.82 Å². The number of rotatable bonds is 6. The van der Waals surface area contributed by atoms with Gasteiger partial charge in [0.1, 0.15) is 16.9 Å². The van der Waals surface area contributed by atoms with E-state index in [2.05, 4.69) is 20.4 Å². The number of piperidine rings is 1. The predicted octanol–water partition coefficient (Wildman–Crippen LogP) is 3.75. The highest BCUT2D eigenvalue weighted by Gasteiger charge is 2.41. The number of hydrogen-bond donors (Lipinski definition) is 2. The molecule has 0 spiro atoms. The first-order valence-electron chi connectivity index (χ1n) is 12.2. The number of fused-ring (bicyclic) bond motifs is 1. The summed E-state index contributed by atoms with van der Waals surface area (Å²) in [5.41, 5.74) is 9.40. The Kier molecular flexibility index (Phi) is 6.17. The van der Waals surface area contributed by atoms with Gasteiger partial charge in [-0.15, -0.1) is 5.10 Å². The summed E-state index contributed by atoms with van der Waals surface area (Å²) in [6.07, 6.45) is 2.82. The maximum Gasteiger partial charge on any atom is 0.237 e. The molecule has 1 fully saturated rings. The van der Waals surface area contributed by atoms with Gasteiger partial charge < -0.3 is 16.0 Å². The lowest BCUT2D eigenvalue weighted by atomic mass is 9.86. The van der Waals surface area contributed by atoms with Crippen LogP contribution in [-0.2, 0) is 4.79 Å². The van der Waals surface area contributed by atoms with Crippen LogP contribution in [0.1, 0.15) is 32.3 Å². The van der Waals surface area contributed by atoms with Gasteiger partial charge >= 0.3 is 0 Å². The number of carbonyl (C=O) groups excluding carboxylic acids is 1. The Morgan fingerprint density at radius 1 is 1.11 bits per heavy atom. The summed E-state index contributed by atoms with van der Waals surface area (Å²) < 4.78 is 15.6. The minimum Gasteiger partial charge on any atom is -0.368 e. The average Bonchev–Trinajstić information content (AvgIpc) is 3.24. The standard InChI is InChI=1S/C27H30FN7O/c1-17(2)31-27(26(29)36)12-14-34(15-13-27)25-23-21(16-30-32-25)24(19-8-10-20(28)11-9-19)35(33-23)22-7-5-4-6-18(22)3/h4-11,16-17,31H,12-15H2,1-3H3,(H2,29,36). The summed E-state index contributed by atoms with van der Waals surface area (Å²) in [6.45, 7) is 7.22. The third kappa shape index (κ3) is 4.19. The molecule has 2 aromatic heterocycles. The van der Waals surface area contributed by atoms with Crippen molar-refractivity contribution in [3.05, 3.63) is 66.1 Å². The third-order valence-corrected chi connectivity index (χ3v) is 6.89. The largest absolute Gasteiger partial charge is 0.368 e. The number of amides is 1. The number of primary amides is 1. The molecule has 5 rings (SSSR count). The van der Waals surface area contributed by atoms with E-state index < -0.39 is 5.54 Å². The highest BCUT2D eigenvalue weighted by Crippen LogP contribution is 2.36. The van der Waals surface area contributed by atoms with Crippen LogP contribution in [0, 0.1) is 12.7 Å². The number of anilines is 1. The van der Waals surface area contributed by atoms with Crippen LogP contribution < -0.4 is 16.0 Å². The molecule has 186 valence electrons. The van der Waals surface area contributed by atoms with Gasteiger partial charge in [0.25, 0.3) is 0 Å². The van der Waals surface area contributed by atoms with Crippen LogP contribution in [0.15, 0.2) is 54.7 Å². The molecule has 2 aromatic carbocycles. The van der Waals surface area contributed by atoms with Crippen molar-refractivity contribution in [1.29, 1.82) is 0 Å². The second-order valence-corrected chi connectivity index (χ2v) is 9.72. The van der Waals surface area contributed by atoms with Crippen LogP contribution in [-0.4, -0.2) is 50.6 Å². The zero-order chi connectivity index (χ0) is 25.4. The average molecular weight is 488 g/mol. The van der Waals surface area contributed by atoms with E-state index in [1.54, 1.807) is 18.3 Å². The van der Waals surface area contributed by atoms with Gasteiger partial charge in [-0.25, -0.2) is 9.07 Å². The Hall–Kier alpha value is -3.85. The van der Waals surface area contributed by atoms with Crippen molar-refractivity contribution in [1.82, 2.24) is 25.3 Å². The van der Waals surface area contributed by atoms with Crippen molar-refractivity contribution in [3.8, 4) is 16.9 Å². The predicted molar refractivity (Wildman–Crippen MR) is 138 cm³/mol. The summed E-state index contributed by atoms with van der Waals surface area (Å²) in [5.74, 6) is 0.0279. The van der Waals surface area contributed by atoms with Crippen molar-refractivity contribution >= 4 is 22.6 Å². The van der Waals surface area contributed by atoms with Gasteiger partial charge in [0, 0.05) is 24.7 Å². The molecule has 1 amide bonds. The number of halogens is 1. The minimum absolute atomic E-state index is 0.135. The number of carbonyl (C=O) groups is 1. The lowest BCUT2D eigenvalue weighted by molar-refractivity contribution is -0.125. The quantitative estimate of drug-likeness (QED) is 0.430. The molecule has 0 bridgehead atoms. The molecular formula is C27H30FN7O. The lowest BCUT2D eigenvalue weighted by Gasteiger charge is -2.41. The highest BCUT2D eigenvalue weighted by atomic mass is 19.1. The molecule has 0 aliphatic carbocycles. The third-order valence-electron chi connectivity index (χ3n) is 6.89. The molecular weight excluding hydrogens is 457 g/mol. The summed E-state index contributed by atoms with van der Waals surface area (Å²) in [4.78, 5) is 14.5. The fourth-order valence-electron chi connectivity index (χ4n) is 5.09. The van der Waals surface area contributed by atoms with E-state index in [-0.39, 0.29) is 17.8 Å². The number of benzene rings is 2. The van der Waals surface area contributed by atoms with Crippen molar-refractivity contribution in [3.63, 3.8) is 0 Å². The van der Waals surface area contributed by atoms with E-state index in [0.717, 1.165) is 27.9 Å². The molecule has 3 heterocycles. The highest BCUT2D eigenvalue weighted by molar-refractivity contribution is 5.99. The molecule has 1 aliphatic rings. The van der Waals surface area contributed by atoms with Crippen LogP contribution in [0.3, 0.4) is 0 Å². The molecule has 8 nitrogen and oxygen atoms in total. The number of nitrogens with zero attached hydrogens (tertiary/aromatic N) is 5. The maximum atomic E-state index is 13.7. The Morgan fingerprint density at radius 3 is 2.44 bits per heavy atom. The molecule has 9 heteroatoms. The number of hydrogen-bond acceptors (Lipinski definition) is 6. The SMILES string of the molecule is Cc1ccccc1-n1nc2c(N3CCC(NC(C)C)(C(N)=O)CC3)nncc2c1-c1ccc(F)cc1. The number of nitrogens with two attached hydrogens (primary N) is 1. The van der Waals surface area contributed by atoms with E-state index in [9.17, 15) is 9.18 Å². The first-order valence-corrected chi connectivity index (χ1v) is 12.2. The second kappa shape index (κ2) is 9.31. The van der Waals surface area contributed by atoms with Crippen molar-refractivity contribution in [2.75, 3.05) is 18.0 Å². The molecule has 0 unspecified atom stereocenters. The molecule has 3 N–H and O–H groups in total. The van der Waals surface area contributed by atoms with E-state index in [0.29, 0.717) is 37.3 Å². The van der Waals surface area contributed by atoms with Crippen molar-refractivity contribution in [2.24, 2.45) is 5.73 Å². The molecule has 1 saturated heterocycles. The second-order valence-electron chi connectivity index (χ2n) is 9.72. The van der Waals surface area contributed by atoms with Gasteiger partial charge in [-0.2, -0.15) is 10.2 Å².